The maximum absolute atomic E-state index is 11.9. The van der Waals surface area contributed by atoms with Crippen LogP contribution in [0.5, 0.6) is 0 Å². The van der Waals surface area contributed by atoms with Gasteiger partial charge in [0.2, 0.25) is 5.91 Å². The van der Waals surface area contributed by atoms with Crippen LogP contribution in [0, 0.1) is 0 Å². The Labute approximate surface area is 154 Å². The monoisotopic (exact) mass is 354 g/mol. The highest BCUT2D eigenvalue weighted by molar-refractivity contribution is 5.76. The number of rotatable bonds is 10. The van der Waals surface area contributed by atoms with E-state index in [4.69, 9.17) is 0 Å². The number of ether oxygens (including phenoxy) is 1. The number of amides is 1. The van der Waals surface area contributed by atoms with Gasteiger partial charge in [0.05, 0.1) is 7.11 Å². The Balaban J connectivity index is 1.61. The molecule has 0 aliphatic rings. The first kappa shape index (κ1) is 19.5. The van der Waals surface area contributed by atoms with Gasteiger partial charge in [-0.3, -0.25) is 9.59 Å². The van der Waals surface area contributed by atoms with Gasteiger partial charge in [-0.05, 0) is 42.5 Å². The fourth-order valence-corrected chi connectivity index (χ4v) is 2.54. The highest BCUT2D eigenvalue weighted by Gasteiger charge is 2.03. The molecule has 0 heterocycles. The largest absolute Gasteiger partial charge is 0.468 e. The second-order valence-corrected chi connectivity index (χ2v) is 6.10. The number of hydrogen-bond donors (Lipinski definition) is 2. The molecule has 0 unspecified atom stereocenters. The number of benzene rings is 2. The first-order valence-electron chi connectivity index (χ1n) is 8.87. The van der Waals surface area contributed by atoms with Crippen LogP contribution < -0.4 is 10.6 Å². The van der Waals surface area contributed by atoms with Crippen molar-refractivity contribution < 1.29 is 14.3 Å². The zero-order valence-electron chi connectivity index (χ0n) is 15.2. The van der Waals surface area contributed by atoms with Gasteiger partial charge < -0.3 is 15.4 Å². The fourth-order valence-electron chi connectivity index (χ4n) is 2.54. The molecule has 0 fully saturated rings. The van der Waals surface area contributed by atoms with Crippen LogP contribution in [-0.2, 0) is 27.3 Å². The van der Waals surface area contributed by atoms with Crippen molar-refractivity contribution in [2.45, 2.75) is 32.2 Å². The van der Waals surface area contributed by atoms with Gasteiger partial charge in [0.1, 0.15) is 6.54 Å². The van der Waals surface area contributed by atoms with Gasteiger partial charge in [-0.15, -0.1) is 0 Å². The molecular formula is C21H26N2O3. The molecular weight excluding hydrogens is 328 g/mol. The molecule has 0 bridgehead atoms. The Morgan fingerprint density at radius 2 is 1.65 bits per heavy atom. The summed E-state index contributed by atoms with van der Waals surface area (Å²) in [7, 11) is 1.36. The number of methoxy groups -OCH3 is 1. The molecule has 26 heavy (non-hydrogen) atoms. The van der Waals surface area contributed by atoms with E-state index in [1.54, 1.807) is 0 Å². The van der Waals surface area contributed by atoms with E-state index in [0.717, 1.165) is 30.5 Å². The summed E-state index contributed by atoms with van der Waals surface area (Å²) >= 11 is 0. The number of anilines is 1. The molecule has 0 saturated heterocycles. The lowest BCUT2D eigenvalue weighted by molar-refractivity contribution is -0.138. The maximum atomic E-state index is 11.9. The molecule has 2 aromatic carbocycles. The van der Waals surface area contributed by atoms with Gasteiger partial charge in [0, 0.05) is 18.7 Å². The van der Waals surface area contributed by atoms with Crippen LogP contribution in [0.3, 0.4) is 0 Å². The van der Waals surface area contributed by atoms with Crippen LogP contribution >= 0.6 is 0 Å². The maximum Gasteiger partial charge on any atom is 0.325 e. The highest BCUT2D eigenvalue weighted by atomic mass is 16.5. The Morgan fingerprint density at radius 3 is 2.35 bits per heavy atom. The van der Waals surface area contributed by atoms with Crippen LogP contribution in [0.2, 0.25) is 0 Å². The second-order valence-electron chi connectivity index (χ2n) is 6.10. The van der Waals surface area contributed by atoms with Crippen LogP contribution in [-0.4, -0.2) is 25.5 Å². The van der Waals surface area contributed by atoms with E-state index in [1.165, 1.54) is 12.7 Å². The summed E-state index contributed by atoms with van der Waals surface area (Å²) < 4.78 is 4.58. The van der Waals surface area contributed by atoms with Crippen molar-refractivity contribution in [1.29, 1.82) is 0 Å². The molecule has 2 N–H and O–H groups in total. The van der Waals surface area contributed by atoms with Crippen molar-refractivity contribution in [3.63, 3.8) is 0 Å². The Kier molecular flexibility index (Phi) is 8.19. The van der Waals surface area contributed by atoms with E-state index in [2.05, 4.69) is 27.5 Å². The normalized spacial score (nSPS) is 10.2. The average Bonchev–Trinajstić information content (AvgIpc) is 2.69. The fraction of sp³-hybridized carbons (Fsp3) is 0.333. The molecule has 5 nitrogen and oxygen atoms in total. The molecule has 1 amide bonds. The van der Waals surface area contributed by atoms with E-state index in [0.29, 0.717) is 13.0 Å². The van der Waals surface area contributed by atoms with Crippen molar-refractivity contribution in [3.05, 3.63) is 65.7 Å². The van der Waals surface area contributed by atoms with Gasteiger partial charge in [-0.2, -0.15) is 0 Å². The van der Waals surface area contributed by atoms with Crippen molar-refractivity contribution in [1.82, 2.24) is 5.32 Å². The first-order valence-corrected chi connectivity index (χ1v) is 8.87. The SMILES string of the molecule is COC(=O)CNc1ccc(CNC(=O)CCCCc2ccccc2)cc1. The van der Waals surface area contributed by atoms with E-state index in [1.807, 2.05) is 42.5 Å². The molecule has 0 aromatic heterocycles. The number of aryl methyl sites for hydroxylation is 1. The third kappa shape index (κ3) is 7.38. The number of esters is 1. The standard InChI is InChI=1S/C21H26N2O3/c1-26-21(25)16-22-19-13-11-18(12-14-19)15-23-20(24)10-6-5-9-17-7-3-2-4-8-17/h2-4,7-8,11-14,22H,5-6,9-10,15-16H2,1H3,(H,23,24). The lowest BCUT2D eigenvalue weighted by atomic mass is 10.1. The van der Waals surface area contributed by atoms with E-state index in [-0.39, 0.29) is 18.4 Å². The van der Waals surface area contributed by atoms with Crippen molar-refractivity contribution in [3.8, 4) is 0 Å². The van der Waals surface area contributed by atoms with E-state index >= 15 is 0 Å². The Hall–Kier alpha value is -2.82. The number of carbonyl (C=O) groups is 2. The highest BCUT2D eigenvalue weighted by Crippen LogP contribution is 2.10. The minimum atomic E-state index is -0.311. The van der Waals surface area contributed by atoms with Crippen LogP contribution in [0.1, 0.15) is 30.4 Å². The molecule has 5 heteroatoms. The number of carbonyl (C=O) groups excluding carboxylic acids is 2. The average molecular weight is 354 g/mol. The van der Waals surface area contributed by atoms with Gasteiger partial charge in [0.15, 0.2) is 0 Å². The molecule has 0 saturated carbocycles. The Bertz CT molecular complexity index is 684. The van der Waals surface area contributed by atoms with Crippen LogP contribution in [0.15, 0.2) is 54.6 Å². The summed E-state index contributed by atoms with van der Waals surface area (Å²) in [5.41, 5.74) is 3.17. The number of nitrogens with one attached hydrogen (secondary N) is 2. The molecule has 0 aliphatic carbocycles. The van der Waals surface area contributed by atoms with Crippen molar-refractivity contribution >= 4 is 17.6 Å². The third-order valence-corrected chi connectivity index (χ3v) is 4.07. The smallest absolute Gasteiger partial charge is 0.325 e. The Morgan fingerprint density at radius 1 is 0.923 bits per heavy atom. The molecule has 2 rings (SSSR count). The lowest BCUT2D eigenvalue weighted by Gasteiger charge is -2.08. The summed E-state index contributed by atoms with van der Waals surface area (Å²) in [6.45, 7) is 0.643. The summed E-state index contributed by atoms with van der Waals surface area (Å²) in [5, 5.41) is 5.92. The second kappa shape index (κ2) is 10.9. The van der Waals surface area contributed by atoms with Gasteiger partial charge in [-0.1, -0.05) is 42.5 Å². The minimum Gasteiger partial charge on any atom is -0.468 e. The first-order chi connectivity index (χ1) is 12.7. The predicted octanol–water partition coefficient (Wildman–Crippen LogP) is 3.30. The van der Waals surface area contributed by atoms with Crippen molar-refractivity contribution in [2.75, 3.05) is 19.0 Å². The van der Waals surface area contributed by atoms with Crippen molar-refractivity contribution in [2.24, 2.45) is 0 Å². The molecule has 2 aromatic rings. The molecule has 0 spiro atoms. The topological polar surface area (TPSA) is 67.4 Å². The van der Waals surface area contributed by atoms with Crippen LogP contribution in [0.25, 0.3) is 0 Å². The molecule has 138 valence electrons. The van der Waals surface area contributed by atoms with Crippen LogP contribution in [0.4, 0.5) is 5.69 Å². The van der Waals surface area contributed by atoms with E-state index in [9.17, 15) is 9.59 Å². The summed E-state index contributed by atoms with van der Waals surface area (Å²) in [6, 6.07) is 17.9. The summed E-state index contributed by atoms with van der Waals surface area (Å²) in [4.78, 5) is 23.0. The predicted molar refractivity (Wildman–Crippen MR) is 103 cm³/mol. The zero-order chi connectivity index (χ0) is 18.6. The third-order valence-electron chi connectivity index (χ3n) is 4.07. The zero-order valence-corrected chi connectivity index (χ0v) is 15.2. The van der Waals surface area contributed by atoms with Gasteiger partial charge >= 0.3 is 5.97 Å². The quantitative estimate of drug-likeness (QED) is 0.507. The number of hydrogen-bond acceptors (Lipinski definition) is 4. The van der Waals surface area contributed by atoms with E-state index < -0.39 is 0 Å². The number of unbranched alkanes of at least 4 members (excludes halogenated alkanes) is 1. The summed E-state index contributed by atoms with van der Waals surface area (Å²) in [6.07, 6.45) is 3.45. The molecule has 0 aliphatic heterocycles. The van der Waals surface area contributed by atoms with Gasteiger partial charge in [-0.25, -0.2) is 0 Å². The lowest BCUT2D eigenvalue weighted by Crippen LogP contribution is -2.22. The molecule has 0 atom stereocenters. The van der Waals surface area contributed by atoms with Gasteiger partial charge in [0.25, 0.3) is 0 Å². The molecule has 0 radical (unpaired) electrons. The summed E-state index contributed by atoms with van der Waals surface area (Å²) in [5.74, 6) is -0.237. The minimum absolute atomic E-state index is 0.0750.